The average Bonchev–Trinajstić information content (AvgIpc) is 3.63. The molecule has 0 saturated heterocycles. The van der Waals surface area contributed by atoms with E-state index in [1.165, 1.54) is 58.2 Å². The second kappa shape index (κ2) is 11.5. The molecule has 4 aromatic carbocycles. The van der Waals surface area contributed by atoms with Crippen LogP contribution in [0.25, 0.3) is 11.1 Å². The molecule has 2 aliphatic rings. The third-order valence-corrected chi connectivity index (χ3v) is 19.7. The molecule has 4 aromatic rings. The summed E-state index contributed by atoms with van der Waals surface area (Å²) in [6.07, 6.45) is 12.9. The summed E-state index contributed by atoms with van der Waals surface area (Å²) >= 11 is -2.82. The van der Waals surface area contributed by atoms with Gasteiger partial charge >= 0.3 is 250 Å². The molecular formula is C39H40Hf. The van der Waals surface area contributed by atoms with Gasteiger partial charge in [-0.3, -0.25) is 0 Å². The second-order valence-corrected chi connectivity index (χ2v) is 21.1. The van der Waals surface area contributed by atoms with Crippen LogP contribution in [0, 0.1) is 0 Å². The summed E-state index contributed by atoms with van der Waals surface area (Å²) in [6, 6.07) is 35.5. The average molecular weight is 687 g/mol. The van der Waals surface area contributed by atoms with Crippen molar-refractivity contribution in [1.29, 1.82) is 0 Å². The molecule has 6 rings (SSSR count). The molecule has 1 heteroatoms. The quantitative estimate of drug-likeness (QED) is 0.150. The van der Waals surface area contributed by atoms with Crippen LogP contribution in [0.3, 0.4) is 0 Å². The topological polar surface area (TPSA) is 0 Å². The molecule has 0 aromatic heterocycles. The van der Waals surface area contributed by atoms with Crippen LogP contribution in [0.4, 0.5) is 0 Å². The van der Waals surface area contributed by atoms with Crippen LogP contribution in [0.2, 0.25) is 0 Å². The van der Waals surface area contributed by atoms with Crippen molar-refractivity contribution in [2.45, 2.75) is 65.2 Å². The Bertz CT molecular complexity index is 1620. The molecule has 0 radical (unpaired) electrons. The van der Waals surface area contributed by atoms with Gasteiger partial charge < -0.3 is 0 Å². The van der Waals surface area contributed by atoms with Gasteiger partial charge in [0.2, 0.25) is 0 Å². The van der Waals surface area contributed by atoms with Crippen molar-refractivity contribution in [1.82, 2.24) is 0 Å². The molecule has 0 amide bonds. The van der Waals surface area contributed by atoms with E-state index in [1.54, 1.807) is 15.5 Å². The number of aryl methyl sites for hydroxylation is 1. The normalized spacial score (nSPS) is 14.6. The number of hydrogen-bond donors (Lipinski definition) is 0. The Morgan fingerprint density at radius 3 is 2.15 bits per heavy atom. The van der Waals surface area contributed by atoms with Crippen molar-refractivity contribution in [3.05, 3.63) is 146 Å². The Morgan fingerprint density at radius 2 is 1.48 bits per heavy atom. The van der Waals surface area contributed by atoms with Gasteiger partial charge in [-0.15, -0.1) is 0 Å². The number of rotatable bonds is 7. The standard InChI is InChI=1S/C21H26.C13H9.C5H5.Hf/c1-5-6-7-17-8-10-18(11-9-17)16-19-12-14-20(15-13-19)21(2,3)4;1-3-7-12-10(5-1)9-11-6-2-4-8-13(11)12;1-2-4-5-3-1;/h8-15H,5-7H2,1-4H3;1-5,7-8H,9H2;1-3H,4H2;. The molecular weight excluding hydrogens is 647 g/mol. The third kappa shape index (κ3) is 5.38. The first-order chi connectivity index (χ1) is 19.4. The van der Waals surface area contributed by atoms with E-state index in [-0.39, 0.29) is 5.41 Å². The molecule has 0 N–H and O–H groups in total. The summed E-state index contributed by atoms with van der Waals surface area (Å²) in [5.41, 5.74) is 11.8. The number of allylic oxidation sites excluding steroid dienone is 4. The Balaban J connectivity index is 1.60. The zero-order valence-electron chi connectivity index (χ0n) is 24.4. The molecule has 2 aliphatic carbocycles. The molecule has 0 saturated carbocycles. The molecule has 200 valence electrons. The Morgan fingerprint density at radius 1 is 0.775 bits per heavy atom. The summed E-state index contributed by atoms with van der Waals surface area (Å²) in [5.74, 6) is 0. The second-order valence-electron chi connectivity index (χ2n) is 12.4. The number of benzene rings is 4. The van der Waals surface area contributed by atoms with Gasteiger partial charge in [0.15, 0.2) is 0 Å². The van der Waals surface area contributed by atoms with Gasteiger partial charge in [0.1, 0.15) is 0 Å². The van der Waals surface area contributed by atoms with Gasteiger partial charge in [-0.05, 0) is 0 Å². The van der Waals surface area contributed by atoms with Gasteiger partial charge in [-0.2, -0.15) is 0 Å². The van der Waals surface area contributed by atoms with Crippen molar-refractivity contribution in [2.75, 3.05) is 0 Å². The van der Waals surface area contributed by atoms with Crippen molar-refractivity contribution in [2.24, 2.45) is 0 Å². The Hall–Kier alpha value is -2.90. The minimum absolute atomic E-state index is 0.145. The summed E-state index contributed by atoms with van der Waals surface area (Å²) in [5, 5.41) is 0. The fourth-order valence-electron chi connectivity index (χ4n) is 6.30. The van der Waals surface area contributed by atoms with Crippen LogP contribution in [-0.2, 0) is 39.2 Å². The maximum absolute atomic E-state index is 2.82. The number of hydrogen-bond acceptors (Lipinski definition) is 0. The first-order valence-corrected chi connectivity index (χ1v) is 20.3. The predicted octanol–water partition coefficient (Wildman–Crippen LogP) is 9.25. The molecule has 0 heterocycles. The molecule has 0 aliphatic heterocycles. The molecule has 0 unspecified atom stereocenters. The molecule has 0 bridgehead atoms. The van der Waals surface area contributed by atoms with E-state index in [0.717, 1.165) is 12.8 Å². The van der Waals surface area contributed by atoms with E-state index < -0.39 is 21.0 Å². The Kier molecular flexibility index (Phi) is 7.87. The van der Waals surface area contributed by atoms with Crippen LogP contribution >= 0.6 is 0 Å². The van der Waals surface area contributed by atoms with Crippen LogP contribution < -0.4 is 3.32 Å². The van der Waals surface area contributed by atoms with Crippen molar-refractivity contribution >= 4 is 6.58 Å². The monoisotopic (exact) mass is 688 g/mol. The van der Waals surface area contributed by atoms with Gasteiger partial charge in [-0.1, -0.05) is 0 Å². The van der Waals surface area contributed by atoms with Crippen molar-refractivity contribution < 1.29 is 21.0 Å². The van der Waals surface area contributed by atoms with Gasteiger partial charge in [-0.25, -0.2) is 0 Å². The first-order valence-electron chi connectivity index (χ1n) is 14.9. The van der Waals surface area contributed by atoms with E-state index in [4.69, 9.17) is 0 Å². The zero-order chi connectivity index (χ0) is 27.7. The summed E-state index contributed by atoms with van der Waals surface area (Å²) in [6.45, 7) is 9.21. The van der Waals surface area contributed by atoms with E-state index in [0.29, 0.717) is 0 Å². The van der Waals surface area contributed by atoms with E-state index in [1.807, 2.05) is 0 Å². The Labute approximate surface area is 248 Å². The minimum atomic E-state index is -2.82. The van der Waals surface area contributed by atoms with Gasteiger partial charge in [0.05, 0.1) is 0 Å². The number of fused-ring (bicyclic) bond motifs is 3. The fraction of sp³-hybridized carbons (Fsp3) is 0.256. The third-order valence-electron chi connectivity index (χ3n) is 8.56. The number of unbranched alkanes of at least 4 members (excludes halogenated alkanes) is 1. The van der Waals surface area contributed by atoms with Crippen LogP contribution in [0.5, 0.6) is 0 Å². The molecule has 0 fully saturated rings. The van der Waals surface area contributed by atoms with Crippen LogP contribution in [-0.4, -0.2) is 3.26 Å². The van der Waals surface area contributed by atoms with Gasteiger partial charge in [0.25, 0.3) is 0 Å². The molecule has 0 nitrogen and oxygen atoms in total. The van der Waals surface area contributed by atoms with E-state index in [9.17, 15) is 0 Å². The summed E-state index contributed by atoms with van der Waals surface area (Å²) in [4.78, 5) is 0. The predicted molar refractivity (Wildman–Crippen MR) is 170 cm³/mol. The van der Waals surface area contributed by atoms with Crippen LogP contribution in [0.15, 0.2) is 113 Å². The van der Waals surface area contributed by atoms with Crippen molar-refractivity contribution in [3.8, 4) is 11.1 Å². The molecule has 0 atom stereocenters. The van der Waals surface area contributed by atoms with E-state index >= 15 is 0 Å². The fourth-order valence-corrected chi connectivity index (χ4v) is 17.9. The first kappa shape index (κ1) is 27.3. The molecule has 40 heavy (non-hydrogen) atoms. The zero-order valence-corrected chi connectivity index (χ0v) is 28.0. The summed E-state index contributed by atoms with van der Waals surface area (Å²) < 4.78 is 4.99. The van der Waals surface area contributed by atoms with Crippen molar-refractivity contribution in [3.63, 3.8) is 0 Å². The van der Waals surface area contributed by atoms with Crippen LogP contribution in [0.1, 0.15) is 80.3 Å². The van der Waals surface area contributed by atoms with E-state index in [2.05, 4.69) is 137 Å². The maximum atomic E-state index is 2.49. The SMILES string of the molecule is CCCCc1ccc(/[C](c2ccc(C(C)(C)C)cc2)=[Hf](/[C]2=CC=CC2)[c]2cccc3c2Cc2ccccc2-3)cc1. The van der Waals surface area contributed by atoms with Gasteiger partial charge in [0, 0.05) is 0 Å². The molecule has 0 spiro atoms. The summed E-state index contributed by atoms with van der Waals surface area (Å²) in [7, 11) is 0.